The molecule has 2 aromatic carbocycles. The number of likely N-dealkylation sites (tertiary alicyclic amines) is 1. The maximum absolute atomic E-state index is 6.20. The van der Waals surface area contributed by atoms with Gasteiger partial charge in [0.1, 0.15) is 0 Å². The lowest BCUT2D eigenvalue weighted by atomic mass is 9.81. The van der Waals surface area contributed by atoms with Crippen molar-refractivity contribution in [2.75, 3.05) is 13.1 Å². The van der Waals surface area contributed by atoms with Gasteiger partial charge in [-0.3, -0.25) is 0 Å². The average Bonchev–Trinajstić information content (AvgIpc) is 3.48. The fourth-order valence-corrected chi connectivity index (χ4v) is 8.11. The lowest BCUT2D eigenvalue weighted by molar-refractivity contribution is 0.172. The normalized spacial score (nSPS) is 19.5. The molecule has 0 spiro atoms. The summed E-state index contributed by atoms with van der Waals surface area (Å²) < 4.78 is 5.27. The molecule has 204 valence electrons. The third kappa shape index (κ3) is 4.14. The molecule has 1 aliphatic carbocycles. The van der Waals surface area contributed by atoms with E-state index in [4.69, 9.17) is 5.73 Å². The van der Waals surface area contributed by atoms with Gasteiger partial charge >= 0.3 is 0 Å². The Balaban J connectivity index is 1.44. The van der Waals surface area contributed by atoms with Gasteiger partial charge in [0, 0.05) is 52.9 Å². The van der Waals surface area contributed by atoms with Crippen LogP contribution in [-0.2, 0) is 13.1 Å². The van der Waals surface area contributed by atoms with E-state index >= 15 is 0 Å². The number of aryl methyl sites for hydroxylation is 2. The highest BCUT2D eigenvalue weighted by Crippen LogP contribution is 2.48. The van der Waals surface area contributed by atoms with E-state index in [1.54, 1.807) is 11.1 Å². The topological polar surface area (TPSA) is 39.1 Å². The molecule has 0 atom stereocenters. The Bertz CT molecular complexity index is 1540. The molecule has 1 saturated heterocycles. The number of nitrogens with two attached hydrogens (primary N) is 1. The molecule has 39 heavy (non-hydrogen) atoms. The summed E-state index contributed by atoms with van der Waals surface area (Å²) in [5.41, 5.74) is 16.8. The van der Waals surface area contributed by atoms with Gasteiger partial charge in [0.2, 0.25) is 0 Å². The maximum atomic E-state index is 6.20. The van der Waals surface area contributed by atoms with Crippen molar-refractivity contribution in [2.24, 2.45) is 5.73 Å². The molecule has 4 heterocycles. The minimum atomic E-state index is 0.627. The van der Waals surface area contributed by atoms with Crippen LogP contribution in [0.5, 0.6) is 0 Å². The van der Waals surface area contributed by atoms with Crippen molar-refractivity contribution in [1.82, 2.24) is 14.0 Å². The van der Waals surface area contributed by atoms with Crippen LogP contribution in [0.3, 0.4) is 0 Å². The number of fused-ring (bicyclic) bond motifs is 4. The molecule has 7 rings (SSSR count). The first kappa shape index (κ1) is 25.0. The van der Waals surface area contributed by atoms with Gasteiger partial charge < -0.3 is 19.8 Å². The first-order valence-corrected chi connectivity index (χ1v) is 15.5. The molecule has 0 unspecified atom stereocenters. The molecular formula is C35H44N4. The Labute approximate surface area is 233 Å². The number of hydrogen-bond donors (Lipinski definition) is 1. The van der Waals surface area contributed by atoms with Gasteiger partial charge in [0.15, 0.2) is 0 Å². The molecule has 2 fully saturated rings. The van der Waals surface area contributed by atoms with Gasteiger partial charge in [-0.1, -0.05) is 56.2 Å². The second kappa shape index (κ2) is 9.89. The van der Waals surface area contributed by atoms with Crippen molar-refractivity contribution in [1.29, 1.82) is 0 Å². The van der Waals surface area contributed by atoms with E-state index < -0.39 is 0 Å². The number of hydrogen-bond acceptors (Lipinski definition) is 2. The van der Waals surface area contributed by atoms with Crippen LogP contribution >= 0.6 is 0 Å². The zero-order valence-corrected chi connectivity index (χ0v) is 23.9. The van der Waals surface area contributed by atoms with Crippen LogP contribution in [0.4, 0.5) is 0 Å². The van der Waals surface area contributed by atoms with E-state index in [1.807, 2.05) is 0 Å². The third-order valence-corrected chi connectivity index (χ3v) is 10.2. The number of nitrogens with zero attached hydrogens (tertiary/aromatic N) is 3. The van der Waals surface area contributed by atoms with E-state index in [9.17, 15) is 0 Å². The van der Waals surface area contributed by atoms with E-state index in [0.29, 0.717) is 23.6 Å². The van der Waals surface area contributed by atoms with Gasteiger partial charge in [-0.15, -0.1) is 0 Å². The summed E-state index contributed by atoms with van der Waals surface area (Å²) >= 11 is 0. The van der Waals surface area contributed by atoms with Crippen LogP contribution in [0.1, 0.15) is 93.7 Å². The molecule has 0 amide bonds. The predicted octanol–water partition coefficient (Wildman–Crippen LogP) is 8.23. The molecule has 0 radical (unpaired) electrons. The number of benzene rings is 2. The van der Waals surface area contributed by atoms with Gasteiger partial charge in [-0.25, -0.2) is 0 Å². The van der Waals surface area contributed by atoms with Crippen LogP contribution in [0.2, 0.25) is 0 Å². The monoisotopic (exact) mass is 520 g/mol. The summed E-state index contributed by atoms with van der Waals surface area (Å²) in [6.07, 6.45) is 12.9. The molecule has 4 nitrogen and oxygen atoms in total. The number of aromatic nitrogens is 2. The SMILES string of the molecule is C=C(N)c1ccc2c(C3CCCCC3)c3n(c2c1)CCCn1cc(C2CCN(C(C)C)CC2)c2cccc-3c21. The van der Waals surface area contributed by atoms with Crippen molar-refractivity contribution < 1.29 is 0 Å². The summed E-state index contributed by atoms with van der Waals surface area (Å²) in [7, 11) is 0. The van der Waals surface area contributed by atoms with Crippen molar-refractivity contribution in [3.63, 3.8) is 0 Å². The van der Waals surface area contributed by atoms with Crippen molar-refractivity contribution in [3.8, 4) is 11.3 Å². The zero-order chi connectivity index (χ0) is 26.7. The molecule has 3 aliphatic rings. The lowest BCUT2D eigenvalue weighted by Crippen LogP contribution is -2.37. The fourth-order valence-electron chi connectivity index (χ4n) is 8.11. The first-order valence-electron chi connectivity index (χ1n) is 15.5. The van der Waals surface area contributed by atoms with E-state index in [-0.39, 0.29) is 0 Å². The molecular weight excluding hydrogens is 476 g/mol. The summed E-state index contributed by atoms with van der Waals surface area (Å²) in [4.78, 5) is 2.65. The summed E-state index contributed by atoms with van der Waals surface area (Å²) in [5.74, 6) is 1.28. The van der Waals surface area contributed by atoms with Crippen LogP contribution < -0.4 is 5.73 Å². The Morgan fingerprint density at radius 2 is 1.67 bits per heavy atom. The Hall–Kier alpha value is -2.98. The predicted molar refractivity (Wildman–Crippen MR) is 165 cm³/mol. The van der Waals surface area contributed by atoms with Gasteiger partial charge in [-0.2, -0.15) is 0 Å². The molecule has 2 aromatic heterocycles. The summed E-state index contributed by atoms with van der Waals surface area (Å²) in [6.45, 7) is 13.3. The highest BCUT2D eigenvalue weighted by atomic mass is 15.1. The Kier molecular flexibility index (Phi) is 6.34. The van der Waals surface area contributed by atoms with Gasteiger partial charge in [0.25, 0.3) is 0 Å². The molecule has 4 heteroatoms. The molecule has 2 aliphatic heterocycles. The molecule has 1 saturated carbocycles. The van der Waals surface area contributed by atoms with E-state index in [1.165, 1.54) is 91.1 Å². The minimum absolute atomic E-state index is 0.627. The smallest absolute Gasteiger partial charge is 0.0578 e. The summed E-state index contributed by atoms with van der Waals surface area (Å²) in [5, 5.41) is 2.92. The molecule has 0 bridgehead atoms. The van der Waals surface area contributed by atoms with Crippen LogP contribution in [0, 0.1) is 0 Å². The van der Waals surface area contributed by atoms with E-state index in [2.05, 4.69) is 77.1 Å². The Morgan fingerprint density at radius 1 is 0.872 bits per heavy atom. The molecule has 4 aromatic rings. The van der Waals surface area contributed by atoms with E-state index in [0.717, 1.165) is 25.1 Å². The fraction of sp³-hybridized carbons (Fsp3) is 0.486. The lowest BCUT2D eigenvalue weighted by Gasteiger charge is -2.34. The second-order valence-corrected chi connectivity index (χ2v) is 12.7. The number of para-hydroxylation sites is 1. The van der Waals surface area contributed by atoms with Crippen molar-refractivity contribution in [2.45, 2.75) is 96.2 Å². The highest BCUT2D eigenvalue weighted by Gasteiger charge is 2.31. The number of piperidine rings is 1. The van der Waals surface area contributed by atoms with Crippen molar-refractivity contribution in [3.05, 3.63) is 65.9 Å². The van der Waals surface area contributed by atoms with Crippen LogP contribution in [0.15, 0.2) is 49.2 Å². The van der Waals surface area contributed by atoms with Crippen molar-refractivity contribution >= 4 is 27.5 Å². The number of rotatable bonds is 4. The minimum Gasteiger partial charge on any atom is -0.399 e. The quantitative estimate of drug-likeness (QED) is 0.294. The highest BCUT2D eigenvalue weighted by molar-refractivity contribution is 6.02. The standard InChI is InChI=1S/C35H44N4/c1-23(2)37-19-15-25(16-20-37)31-22-38-17-8-18-39-32-21-27(24(3)36)13-14-29(32)33(26-9-5-4-6-10-26)35(39)30-12-7-11-28(31)34(30)38/h7,11-14,21-23,25-26H,3-6,8-10,15-20,36H2,1-2H3. The Morgan fingerprint density at radius 3 is 2.41 bits per heavy atom. The van der Waals surface area contributed by atoms with Crippen LogP contribution in [-0.4, -0.2) is 33.2 Å². The van der Waals surface area contributed by atoms with Gasteiger partial charge in [0.05, 0.1) is 11.2 Å². The summed E-state index contributed by atoms with van der Waals surface area (Å²) in [6, 6.07) is 14.6. The van der Waals surface area contributed by atoms with Crippen LogP contribution in [0.25, 0.3) is 38.8 Å². The average molecular weight is 521 g/mol. The first-order chi connectivity index (χ1) is 19.0. The maximum Gasteiger partial charge on any atom is 0.0578 e. The molecule has 2 N–H and O–H groups in total. The third-order valence-electron chi connectivity index (χ3n) is 10.2. The largest absolute Gasteiger partial charge is 0.399 e. The van der Waals surface area contributed by atoms with Gasteiger partial charge in [-0.05, 0) is 93.6 Å². The second-order valence-electron chi connectivity index (χ2n) is 12.7. The zero-order valence-electron chi connectivity index (χ0n) is 23.9.